The predicted molar refractivity (Wildman–Crippen MR) is 62.8 cm³/mol. The maximum Gasteiger partial charge on any atom is 0.227 e. The smallest absolute Gasteiger partial charge is 0.227 e. The van der Waals surface area contributed by atoms with Gasteiger partial charge in [-0.3, -0.25) is 4.79 Å². The molecule has 2 rings (SSSR count). The Kier molecular flexibility index (Phi) is 3.07. The van der Waals surface area contributed by atoms with Crippen LogP contribution in [0.1, 0.15) is 6.42 Å². The highest BCUT2D eigenvalue weighted by atomic mass is 35.5. The molecule has 1 aromatic heterocycles. The number of carbonyl (C=O) groups is 1. The molecular weight excluding hydrogens is 232 g/mol. The first kappa shape index (κ1) is 10.6. The van der Waals surface area contributed by atoms with Crippen LogP contribution in [0.4, 0.5) is 5.69 Å². The Hall–Kier alpha value is -0.870. The Morgan fingerprint density at radius 3 is 3.07 bits per heavy atom. The fourth-order valence-electron chi connectivity index (χ4n) is 1.74. The van der Waals surface area contributed by atoms with Gasteiger partial charge in [0, 0.05) is 25.0 Å². The number of hydrogen-bond donors (Lipinski definition) is 1. The van der Waals surface area contributed by atoms with E-state index in [0.717, 1.165) is 5.69 Å². The highest BCUT2D eigenvalue weighted by Crippen LogP contribution is 2.25. The number of H-pyrrole nitrogens is 1. The number of anilines is 1. The van der Waals surface area contributed by atoms with Crippen LogP contribution >= 0.6 is 23.8 Å². The highest BCUT2D eigenvalue weighted by Gasteiger charge is 2.30. The van der Waals surface area contributed by atoms with E-state index in [1.807, 2.05) is 12.1 Å². The number of pyridine rings is 1. The van der Waals surface area contributed by atoms with Gasteiger partial charge >= 0.3 is 0 Å². The van der Waals surface area contributed by atoms with Crippen molar-refractivity contribution in [3.8, 4) is 0 Å². The second-order valence-corrected chi connectivity index (χ2v) is 4.33. The van der Waals surface area contributed by atoms with E-state index in [0.29, 0.717) is 23.5 Å². The zero-order valence-electron chi connectivity index (χ0n) is 8.07. The van der Waals surface area contributed by atoms with Gasteiger partial charge in [0.05, 0.1) is 5.69 Å². The first-order chi connectivity index (χ1) is 7.22. The molecule has 0 radical (unpaired) electrons. The molecule has 1 aliphatic rings. The summed E-state index contributed by atoms with van der Waals surface area (Å²) in [4.78, 5) is 16.3. The Balaban J connectivity index is 2.29. The lowest BCUT2D eigenvalue weighted by Gasteiger charge is -2.15. The summed E-state index contributed by atoms with van der Waals surface area (Å²) < 4.78 is 0.598. The summed E-state index contributed by atoms with van der Waals surface area (Å²) in [6, 6.07) is 3.69. The molecule has 0 saturated carbocycles. The molecule has 1 atom stereocenters. The molecule has 1 amide bonds. The standard InChI is InChI=1S/C10H11ClN2OS/c11-5-7-4-9(14)13(6-7)8-2-1-3-12-10(8)15/h1-3,7H,4-6H2,(H,12,15). The van der Waals surface area contributed by atoms with Crippen molar-refractivity contribution in [2.24, 2.45) is 5.92 Å². The molecule has 15 heavy (non-hydrogen) atoms. The fourth-order valence-corrected chi connectivity index (χ4v) is 2.20. The van der Waals surface area contributed by atoms with Gasteiger partial charge in [-0.05, 0) is 18.1 Å². The van der Waals surface area contributed by atoms with Crippen LogP contribution in [0.5, 0.6) is 0 Å². The zero-order valence-corrected chi connectivity index (χ0v) is 9.64. The van der Waals surface area contributed by atoms with Gasteiger partial charge in [-0.1, -0.05) is 12.2 Å². The summed E-state index contributed by atoms with van der Waals surface area (Å²) >= 11 is 10.9. The summed E-state index contributed by atoms with van der Waals surface area (Å²) in [5.41, 5.74) is 0.783. The van der Waals surface area contributed by atoms with E-state index in [-0.39, 0.29) is 11.8 Å². The summed E-state index contributed by atoms with van der Waals surface area (Å²) in [7, 11) is 0. The molecule has 0 bridgehead atoms. The third-order valence-corrected chi connectivity index (χ3v) is 3.27. The Morgan fingerprint density at radius 2 is 2.47 bits per heavy atom. The molecule has 5 heteroatoms. The minimum Gasteiger partial charge on any atom is -0.351 e. The van der Waals surface area contributed by atoms with Crippen molar-refractivity contribution in [2.75, 3.05) is 17.3 Å². The summed E-state index contributed by atoms with van der Waals surface area (Å²) in [5, 5.41) is 0. The quantitative estimate of drug-likeness (QED) is 0.638. The molecule has 1 unspecified atom stereocenters. The van der Waals surface area contributed by atoms with Gasteiger partial charge in [0.1, 0.15) is 4.64 Å². The van der Waals surface area contributed by atoms with Crippen LogP contribution in [0.25, 0.3) is 0 Å². The topological polar surface area (TPSA) is 36.1 Å². The van der Waals surface area contributed by atoms with E-state index in [1.54, 1.807) is 11.1 Å². The van der Waals surface area contributed by atoms with Gasteiger partial charge in [-0.25, -0.2) is 0 Å². The van der Waals surface area contributed by atoms with Gasteiger partial charge in [-0.15, -0.1) is 11.6 Å². The van der Waals surface area contributed by atoms with E-state index in [4.69, 9.17) is 23.8 Å². The van der Waals surface area contributed by atoms with E-state index in [2.05, 4.69) is 4.98 Å². The average Bonchev–Trinajstić information content (AvgIpc) is 2.60. The van der Waals surface area contributed by atoms with Gasteiger partial charge in [0.25, 0.3) is 0 Å². The normalized spacial score (nSPS) is 21.0. The van der Waals surface area contributed by atoms with Crippen LogP contribution in [-0.4, -0.2) is 23.3 Å². The maximum absolute atomic E-state index is 11.7. The number of aromatic amines is 1. The van der Waals surface area contributed by atoms with Crippen molar-refractivity contribution >= 4 is 35.4 Å². The van der Waals surface area contributed by atoms with E-state index in [1.165, 1.54) is 0 Å². The first-order valence-corrected chi connectivity index (χ1v) is 5.70. The van der Waals surface area contributed by atoms with Crippen molar-refractivity contribution in [1.29, 1.82) is 0 Å². The molecular formula is C10H11ClN2OS. The van der Waals surface area contributed by atoms with E-state index >= 15 is 0 Å². The van der Waals surface area contributed by atoms with Crippen molar-refractivity contribution in [1.82, 2.24) is 4.98 Å². The Morgan fingerprint density at radius 1 is 1.67 bits per heavy atom. The van der Waals surface area contributed by atoms with Crippen molar-refractivity contribution < 1.29 is 4.79 Å². The van der Waals surface area contributed by atoms with Crippen LogP contribution in [0.15, 0.2) is 18.3 Å². The summed E-state index contributed by atoms with van der Waals surface area (Å²) in [6.45, 7) is 0.670. The highest BCUT2D eigenvalue weighted by molar-refractivity contribution is 7.71. The largest absolute Gasteiger partial charge is 0.351 e. The van der Waals surface area contributed by atoms with Gasteiger partial charge < -0.3 is 9.88 Å². The van der Waals surface area contributed by atoms with Crippen molar-refractivity contribution in [3.05, 3.63) is 23.0 Å². The van der Waals surface area contributed by atoms with Crippen molar-refractivity contribution in [2.45, 2.75) is 6.42 Å². The number of hydrogen-bond acceptors (Lipinski definition) is 2. The fraction of sp³-hybridized carbons (Fsp3) is 0.400. The SMILES string of the molecule is O=C1CC(CCl)CN1c1ccc[nH]c1=S. The number of amides is 1. The Labute approximate surface area is 98.1 Å². The predicted octanol–water partition coefficient (Wildman–Crippen LogP) is 2.34. The molecule has 1 N–H and O–H groups in total. The molecule has 2 heterocycles. The van der Waals surface area contributed by atoms with E-state index < -0.39 is 0 Å². The molecule has 1 saturated heterocycles. The molecule has 1 fully saturated rings. The summed E-state index contributed by atoms with van der Waals surface area (Å²) in [6.07, 6.45) is 2.28. The van der Waals surface area contributed by atoms with Gasteiger partial charge in [0.15, 0.2) is 0 Å². The van der Waals surface area contributed by atoms with E-state index in [9.17, 15) is 4.79 Å². The number of aromatic nitrogens is 1. The molecule has 1 aromatic rings. The number of nitrogens with one attached hydrogen (secondary N) is 1. The molecule has 0 aromatic carbocycles. The third kappa shape index (κ3) is 2.06. The average molecular weight is 243 g/mol. The number of rotatable bonds is 2. The maximum atomic E-state index is 11.7. The second-order valence-electron chi connectivity index (χ2n) is 3.61. The van der Waals surface area contributed by atoms with Crippen LogP contribution in [0.2, 0.25) is 0 Å². The lowest BCUT2D eigenvalue weighted by atomic mass is 10.1. The zero-order chi connectivity index (χ0) is 10.8. The minimum atomic E-state index is 0.103. The molecule has 80 valence electrons. The Bertz CT molecular complexity index is 431. The molecule has 0 aliphatic carbocycles. The van der Waals surface area contributed by atoms with Crippen molar-refractivity contribution in [3.63, 3.8) is 0 Å². The molecule has 0 spiro atoms. The van der Waals surface area contributed by atoms with Crippen LogP contribution in [0, 0.1) is 10.6 Å². The minimum absolute atomic E-state index is 0.103. The van der Waals surface area contributed by atoms with Gasteiger partial charge in [-0.2, -0.15) is 0 Å². The van der Waals surface area contributed by atoms with Gasteiger partial charge in [0.2, 0.25) is 5.91 Å². The number of nitrogens with zero attached hydrogens (tertiary/aromatic N) is 1. The first-order valence-electron chi connectivity index (χ1n) is 4.76. The lowest BCUT2D eigenvalue weighted by molar-refractivity contribution is -0.117. The molecule has 1 aliphatic heterocycles. The van der Waals surface area contributed by atoms with Crippen LogP contribution in [-0.2, 0) is 4.79 Å². The second kappa shape index (κ2) is 4.33. The third-order valence-electron chi connectivity index (χ3n) is 2.51. The summed E-state index contributed by atoms with van der Waals surface area (Å²) in [5.74, 6) is 0.867. The van der Waals surface area contributed by atoms with Crippen LogP contribution in [0.3, 0.4) is 0 Å². The number of halogens is 1. The number of alkyl halides is 1. The lowest BCUT2D eigenvalue weighted by Crippen LogP contribution is -2.25. The van der Waals surface area contributed by atoms with Crippen LogP contribution < -0.4 is 4.90 Å². The number of carbonyl (C=O) groups excluding carboxylic acids is 1. The monoisotopic (exact) mass is 242 g/mol. The molecule has 3 nitrogen and oxygen atoms in total.